The zero-order valence-electron chi connectivity index (χ0n) is 15.2. The maximum Gasteiger partial charge on any atom is 0.410 e. The van der Waals surface area contributed by atoms with Gasteiger partial charge in [0.25, 0.3) is 0 Å². The first-order chi connectivity index (χ1) is 11.2. The molecule has 1 amide bonds. The van der Waals surface area contributed by atoms with Crippen LogP contribution in [-0.4, -0.2) is 54.8 Å². The molecule has 0 bridgehead atoms. The second-order valence-corrected chi connectivity index (χ2v) is 6.49. The summed E-state index contributed by atoms with van der Waals surface area (Å²) in [6.45, 7) is 13.5. The highest BCUT2D eigenvalue weighted by molar-refractivity contribution is 5.68. The lowest BCUT2D eigenvalue weighted by Gasteiger charge is -2.37. The van der Waals surface area contributed by atoms with Gasteiger partial charge in [-0.15, -0.1) is 4.91 Å². The van der Waals surface area contributed by atoms with E-state index in [0.717, 1.165) is 5.70 Å². The van der Waals surface area contributed by atoms with Crippen LogP contribution in [0.25, 0.3) is 0 Å². The predicted octanol–water partition coefficient (Wildman–Crippen LogP) is 3.25. The topological polar surface area (TPSA) is 71.4 Å². The van der Waals surface area contributed by atoms with Crippen molar-refractivity contribution in [2.24, 2.45) is 5.18 Å². The maximum absolute atomic E-state index is 12.1. The Morgan fingerprint density at radius 1 is 1.17 bits per heavy atom. The molecule has 0 aliphatic carbocycles. The van der Waals surface area contributed by atoms with Crippen LogP contribution in [0.5, 0.6) is 0 Å². The average molecular weight is 337 g/mol. The van der Waals surface area contributed by atoms with Gasteiger partial charge < -0.3 is 19.3 Å². The number of ether oxygens (including phenoxy) is 2. The zero-order valence-corrected chi connectivity index (χ0v) is 15.2. The van der Waals surface area contributed by atoms with E-state index < -0.39 is 5.60 Å². The molecular weight excluding hydrogens is 310 g/mol. The lowest BCUT2D eigenvalue weighted by Crippen LogP contribution is -2.49. The van der Waals surface area contributed by atoms with E-state index >= 15 is 0 Å². The molecule has 7 heteroatoms. The van der Waals surface area contributed by atoms with Crippen LogP contribution in [0, 0.1) is 4.91 Å². The van der Waals surface area contributed by atoms with Crippen molar-refractivity contribution in [2.75, 3.05) is 33.3 Å². The highest BCUT2D eigenvalue weighted by Gasteiger charge is 2.26. The van der Waals surface area contributed by atoms with Crippen molar-refractivity contribution in [2.45, 2.75) is 33.3 Å². The maximum atomic E-state index is 12.1. The molecule has 0 aromatic carbocycles. The Bertz CT molecular complexity index is 529. The Labute approximate surface area is 143 Å². The zero-order chi connectivity index (χ0) is 18.3. The predicted molar refractivity (Wildman–Crippen MR) is 93.2 cm³/mol. The summed E-state index contributed by atoms with van der Waals surface area (Å²) in [6.07, 6.45) is 2.82. The van der Waals surface area contributed by atoms with Crippen molar-refractivity contribution < 1.29 is 14.3 Å². The molecule has 7 nitrogen and oxygen atoms in total. The van der Waals surface area contributed by atoms with Gasteiger partial charge in [-0.25, -0.2) is 4.79 Å². The number of rotatable bonds is 5. The van der Waals surface area contributed by atoms with Gasteiger partial charge in [-0.05, 0) is 38.9 Å². The molecule has 0 aromatic rings. The number of allylic oxidation sites excluding steroid dienone is 3. The Kier molecular flexibility index (Phi) is 7.00. The molecule has 0 saturated carbocycles. The highest BCUT2D eigenvalue weighted by Crippen LogP contribution is 2.17. The van der Waals surface area contributed by atoms with Gasteiger partial charge in [0.05, 0.1) is 7.11 Å². The third kappa shape index (κ3) is 5.72. The minimum absolute atomic E-state index is 0.157. The van der Waals surface area contributed by atoms with E-state index in [2.05, 4.69) is 16.7 Å². The van der Waals surface area contributed by atoms with Gasteiger partial charge in [-0.2, -0.15) is 0 Å². The van der Waals surface area contributed by atoms with E-state index in [1.54, 1.807) is 11.0 Å². The van der Waals surface area contributed by atoms with Crippen LogP contribution >= 0.6 is 0 Å². The summed E-state index contributed by atoms with van der Waals surface area (Å²) in [7, 11) is 1.48. The van der Waals surface area contributed by atoms with Gasteiger partial charge >= 0.3 is 6.09 Å². The molecule has 24 heavy (non-hydrogen) atoms. The molecular formula is C17H27N3O4. The van der Waals surface area contributed by atoms with Gasteiger partial charge in [0.1, 0.15) is 17.1 Å². The molecule has 1 fully saturated rings. The molecule has 0 unspecified atom stereocenters. The highest BCUT2D eigenvalue weighted by atomic mass is 16.6. The molecule has 1 aliphatic rings. The lowest BCUT2D eigenvalue weighted by atomic mass is 10.2. The average Bonchev–Trinajstić information content (AvgIpc) is 2.53. The van der Waals surface area contributed by atoms with Crippen LogP contribution < -0.4 is 0 Å². The summed E-state index contributed by atoms with van der Waals surface area (Å²) in [5.74, 6) is 0.368. The second kappa shape index (κ2) is 8.52. The summed E-state index contributed by atoms with van der Waals surface area (Å²) in [6, 6.07) is 0. The molecule has 1 saturated heterocycles. The second-order valence-electron chi connectivity index (χ2n) is 6.49. The lowest BCUT2D eigenvalue weighted by molar-refractivity contribution is 0.0168. The number of carbonyl (C=O) groups is 1. The van der Waals surface area contributed by atoms with E-state index in [-0.39, 0.29) is 11.8 Å². The third-order valence-corrected chi connectivity index (χ3v) is 3.53. The van der Waals surface area contributed by atoms with Crippen molar-refractivity contribution in [3.8, 4) is 0 Å². The number of amides is 1. The van der Waals surface area contributed by atoms with E-state index in [9.17, 15) is 9.70 Å². The monoisotopic (exact) mass is 337 g/mol. The van der Waals surface area contributed by atoms with Crippen LogP contribution in [0.3, 0.4) is 0 Å². The SMILES string of the molecule is C=C/C(N=O)=C(\C=C(/C)N1CCN(C(=O)OC(C)(C)C)CC1)OC. The van der Waals surface area contributed by atoms with Gasteiger partial charge in [-0.1, -0.05) is 6.58 Å². The summed E-state index contributed by atoms with van der Waals surface area (Å²) in [4.78, 5) is 26.6. The van der Waals surface area contributed by atoms with Crippen molar-refractivity contribution >= 4 is 6.09 Å². The van der Waals surface area contributed by atoms with Crippen molar-refractivity contribution in [3.05, 3.63) is 40.8 Å². The van der Waals surface area contributed by atoms with Gasteiger partial charge in [0.15, 0.2) is 0 Å². The quantitative estimate of drug-likeness (QED) is 0.437. The van der Waals surface area contributed by atoms with Gasteiger partial charge in [0, 0.05) is 38.0 Å². The normalized spacial score (nSPS) is 17.1. The van der Waals surface area contributed by atoms with Crippen LogP contribution in [0.2, 0.25) is 0 Å². The number of piperazine rings is 1. The largest absolute Gasteiger partial charge is 0.494 e. The summed E-state index contributed by atoms with van der Waals surface area (Å²) in [5.41, 5.74) is 0.591. The summed E-state index contributed by atoms with van der Waals surface area (Å²) < 4.78 is 10.6. The van der Waals surface area contributed by atoms with E-state index in [4.69, 9.17) is 9.47 Å². The fourth-order valence-corrected chi connectivity index (χ4v) is 2.27. The number of nitrogens with zero attached hydrogens (tertiary/aromatic N) is 3. The van der Waals surface area contributed by atoms with Crippen LogP contribution in [0.1, 0.15) is 27.7 Å². The molecule has 1 heterocycles. The van der Waals surface area contributed by atoms with E-state index in [1.807, 2.05) is 27.7 Å². The number of carbonyl (C=O) groups excluding carboxylic acids is 1. The number of hydrogen-bond donors (Lipinski definition) is 0. The Morgan fingerprint density at radius 3 is 2.12 bits per heavy atom. The molecule has 0 radical (unpaired) electrons. The number of methoxy groups -OCH3 is 1. The molecule has 134 valence electrons. The third-order valence-electron chi connectivity index (χ3n) is 3.53. The first-order valence-corrected chi connectivity index (χ1v) is 7.87. The minimum atomic E-state index is -0.495. The van der Waals surface area contributed by atoms with E-state index in [0.29, 0.717) is 31.9 Å². The molecule has 0 atom stereocenters. The van der Waals surface area contributed by atoms with Crippen LogP contribution in [-0.2, 0) is 9.47 Å². The Balaban J connectivity index is 2.72. The first kappa shape index (κ1) is 19.7. The van der Waals surface area contributed by atoms with Crippen molar-refractivity contribution in [1.29, 1.82) is 0 Å². The van der Waals surface area contributed by atoms with E-state index in [1.165, 1.54) is 13.2 Å². The Hall–Kier alpha value is -2.31. The summed E-state index contributed by atoms with van der Waals surface area (Å²) in [5, 5.41) is 2.90. The molecule has 1 aliphatic heterocycles. The van der Waals surface area contributed by atoms with Crippen molar-refractivity contribution in [3.63, 3.8) is 0 Å². The smallest absolute Gasteiger partial charge is 0.410 e. The Morgan fingerprint density at radius 2 is 1.71 bits per heavy atom. The molecule has 0 spiro atoms. The van der Waals surface area contributed by atoms with Crippen LogP contribution in [0.15, 0.2) is 41.1 Å². The molecule has 1 rings (SSSR count). The minimum Gasteiger partial charge on any atom is -0.494 e. The van der Waals surface area contributed by atoms with Crippen molar-refractivity contribution in [1.82, 2.24) is 9.80 Å². The molecule has 0 aromatic heterocycles. The standard InChI is InChI=1S/C17H27N3O4/c1-7-14(18-22)15(23-6)12-13(2)19-8-10-20(11-9-19)16(21)24-17(3,4)5/h7,12H,1,8-11H2,2-6H3/b13-12+,15-14-. The van der Waals surface area contributed by atoms with Gasteiger partial charge in [0.2, 0.25) is 0 Å². The first-order valence-electron chi connectivity index (χ1n) is 7.87. The number of hydrogen-bond acceptors (Lipinski definition) is 6. The summed E-state index contributed by atoms with van der Waals surface area (Å²) >= 11 is 0. The fraction of sp³-hybridized carbons (Fsp3) is 0.588. The molecule has 0 N–H and O–H groups in total. The van der Waals surface area contributed by atoms with Gasteiger partial charge in [-0.3, -0.25) is 0 Å². The van der Waals surface area contributed by atoms with Crippen LogP contribution in [0.4, 0.5) is 4.79 Å². The number of nitroso groups, excluding NO2 is 1. The fourth-order valence-electron chi connectivity index (χ4n) is 2.27.